The van der Waals surface area contributed by atoms with E-state index in [1.807, 2.05) is 6.92 Å². The molecule has 1 aromatic carbocycles. The van der Waals surface area contributed by atoms with Gasteiger partial charge in [0.1, 0.15) is 0 Å². The summed E-state index contributed by atoms with van der Waals surface area (Å²) >= 11 is 0. The van der Waals surface area contributed by atoms with E-state index in [-0.39, 0.29) is 0 Å². The number of aliphatic hydroxyl groups is 2. The van der Waals surface area contributed by atoms with Crippen LogP contribution < -0.4 is 11.3 Å². The molecule has 0 heterocycles. The van der Waals surface area contributed by atoms with Crippen molar-refractivity contribution in [3.8, 4) is 0 Å². The first-order valence-corrected chi connectivity index (χ1v) is 3.58. The molecule has 0 unspecified atom stereocenters. The lowest BCUT2D eigenvalue weighted by atomic mass is 10.1. The molecule has 0 aromatic heterocycles. The highest BCUT2D eigenvalue weighted by Gasteiger charge is 2.04. The Kier molecular flexibility index (Phi) is 2.65. The molecule has 1 aromatic rings. The molecule has 0 bridgehead atoms. The maximum Gasteiger partial charge on any atom is 0.178 e. The Morgan fingerprint density at radius 2 is 2.08 bits per heavy atom. The number of hydrogen-bond acceptors (Lipinski definition) is 4. The first kappa shape index (κ1) is 8.99. The zero-order chi connectivity index (χ0) is 9.14. The van der Waals surface area contributed by atoms with Crippen molar-refractivity contribution in [3.05, 3.63) is 29.3 Å². The van der Waals surface area contributed by atoms with Crippen LogP contribution in [0.1, 0.15) is 17.4 Å². The summed E-state index contributed by atoms with van der Waals surface area (Å²) in [6.07, 6.45) is -1.45. The normalized spacial score (nSPS) is 10.4. The second kappa shape index (κ2) is 3.53. The minimum Gasteiger partial charge on any atom is -0.364 e. The highest BCUT2D eigenvalue weighted by Crippen LogP contribution is 2.18. The molecule has 0 aliphatic carbocycles. The number of anilines is 1. The van der Waals surface area contributed by atoms with Crippen molar-refractivity contribution in [1.29, 1.82) is 0 Å². The second-order valence-electron chi connectivity index (χ2n) is 2.59. The number of aryl methyl sites for hydroxylation is 1. The smallest absolute Gasteiger partial charge is 0.178 e. The van der Waals surface area contributed by atoms with Gasteiger partial charge in [0.05, 0.1) is 5.69 Å². The van der Waals surface area contributed by atoms with Gasteiger partial charge in [-0.2, -0.15) is 0 Å². The van der Waals surface area contributed by atoms with Gasteiger partial charge in [-0.1, -0.05) is 12.1 Å². The molecule has 0 saturated carbocycles. The molecule has 4 nitrogen and oxygen atoms in total. The van der Waals surface area contributed by atoms with E-state index in [4.69, 9.17) is 16.1 Å². The lowest BCUT2D eigenvalue weighted by Gasteiger charge is -2.08. The van der Waals surface area contributed by atoms with Gasteiger partial charge in [0.2, 0.25) is 0 Å². The van der Waals surface area contributed by atoms with E-state index in [1.165, 1.54) is 0 Å². The Morgan fingerprint density at radius 1 is 1.42 bits per heavy atom. The predicted octanol–water partition coefficient (Wildman–Crippen LogP) is 0.264. The van der Waals surface area contributed by atoms with Crippen LogP contribution in [0.25, 0.3) is 0 Å². The van der Waals surface area contributed by atoms with Crippen molar-refractivity contribution in [2.45, 2.75) is 13.2 Å². The van der Waals surface area contributed by atoms with Crippen molar-refractivity contribution < 1.29 is 10.2 Å². The fourth-order valence-electron chi connectivity index (χ4n) is 0.956. The van der Waals surface area contributed by atoms with Gasteiger partial charge in [-0.25, -0.2) is 0 Å². The van der Waals surface area contributed by atoms with Crippen molar-refractivity contribution in [2.24, 2.45) is 5.84 Å². The van der Waals surface area contributed by atoms with Crippen LogP contribution in [0.4, 0.5) is 5.69 Å². The molecule has 0 amide bonds. The average molecular weight is 168 g/mol. The Labute approximate surface area is 70.6 Å². The molecular formula is C8H12N2O2. The number of nitrogen functional groups attached to an aromatic ring is 1. The van der Waals surface area contributed by atoms with Crippen molar-refractivity contribution in [2.75, 3.05) is 5.43 Å². The first-order valence-electron chi connectivity index (χ1n) is 3.58. The summed E-state index contributed by atoms with van der Waals surface area (Å²) in [6, 6.07) is 5.00. The standard InChI is InChI=1S/C8H12N2O2/c1-5-2-3-6(8(11)12)4-7(5)10-9/h2-4,8,10-12H,9H2,1H3. The van der Waals surface area contributed by atoms with Gasteiger partial charge >= 0.3 is 0 Å². The van der Waals surface area contributed by atoms with Crippen LogP contribution in [0.15, 0.2) is 18.2 Å². The molecule has 12 heavy (non-hydrogen) atoms. The fourth-order valence-corrected chi connectivity index (χ4v) is 0.956. The molecule has 0 spiro atoms. The van der Waals surface area contributed by atoms with Crippen LogP contribution in [0.3, 0.4) is 0 Å². The van der Waals surface area contributed by atoms with Crippen LogP contribution in [0.2, 0.25) is 0 Å². The molecule has 0 aliphatic heterocycles. The molecule has 0 aliphatic rings. The SMILES string of the molecule is Cc1ccc(C(O)O)cc1NN. The third-order valence-corrected chi connectivity index (χ3v) is 1.72. The highest BCUT2D eigenvalue weighted by atomic mass is 16.5. The maximum absolute atomic E-state index is 8.82. The lowest BCUT2D eigenvalue weighted by Crippen LogP contribution is -2.09. The predicted molar refractivity (Wildman–Crippen MR) is 46.2 cm³/mol. The van der Waals surface area contributed by atoms with Gasteiger partial charge in [-0.05, 0) is 18.6 Å². The number of rotatable bonds is 2. The largest absolute Gasteiger partial charge is 0.364 e. The van der Waals surface area contributed by atoms with Crippen LogP contribution in [0, 0.1) is 6.92 Å². The minimum atomic E-state index is -1.45. The Hall–Kier alpha value is -1.10. The van der Waals surface area contributed by atoms with Crippen LogP contribution in [-0.2, 0) is 0 Å². The average Bonchev–Trinajstić information content (AvgIpc) is 2.05. The summed E-state index contributed by atoms with van der Waals surface area (Å²) < 4.78 is 0. The minimum absolute atomic E-state index is 0.425. The van der Waals surface area contributed by atoms with Gasteiger partial charge < -0.3 is 15.6 Å². The molecule has 0 fully saturated rings. The number of aliphatic hydroxyl groups excluding tert-OH is 1. The van der Waals surface area contributed by atoms with E-state index >= 15 is 0 Å². The van der Waals surface area contributed by atoms with E-state index in [9.17, 15) is 0 Å². The number of hydrogen-bond donors (Lipinski definition) is 4. The first-order chi connectivity index (χ1) is 5.65. The highest BCUT2D eigenvalue weighted by molar-refractivity contribution is 5.51. The Morgan fingerprint density at radius 3 is 2.58 bits per heavy atom. The van der Waals surface area contributed by atoms with E-state index in [2.05, 4.69) is 5.43 Å². The van der Waals surface area contributed by atoms with E-state index < -0.39 is 6.29 Å². The van der Waals surface area contributed by atoms with Crippen molar-refractivity contribution in [1.82, 2.24) is 0 Å². The third-order valence-electron chi connectivity index (χ3n) is 1.72. The van der Waals surface area contributed by atoms with Gasteiger partial charge in [0, 0.05) is 5.56 Å². The van der Waals surface area contributed by atoms with Crippen molar-refractivity contribution in [3.63, 3.8) is 0 Å². The van der Waals surface area contributed by atoms with E-state index in [0.29, 0.717) is 11.3 Å². The molecule has 66 valence electrons. The molecule has 0 radical (unpaired) electrons. The van der Waals surface area contributed by atoms with Gasteiger partial charge in [0.15, 0.2) is 6.29 Å². The second-order valence-corrected chi connectivity index (χ2v) is 2.59. The third kappa shape index (κ3) is 1.73. The van der Waals surface area contributed by atoms with Crippen LogP contribution in [-0.4, -0.2) is 10.2 Å². The summed E-state index contributed by atoms with van der Waals surface area (Å²) in [5, 5.41) is 17.6. The van der Waals surface area contributed by atoms with Gasteiger partial charge in [-0.15, -0.1) is 0 Å². The van der Waals surface area contributed by atoms with E-state index in [0.717, 1.165) is 5.56 Å². The number of benzene rings is 1. The summed E-state index contributed by atoms with van der Waals surface area (Å²) in [7, 11) is 0. The van der Waals surface area contributed by atoms with Crippen LogP contribution >= 0.6 is 0 Å². The van der Waals surface area contributed by atoms with Gasteiger partial charge in [0.25, 0.3) is 0 Å². The fraction of sp³-hybridized carbons (Fsp3) is 0.250. The zero-order valence-corrected chi connectivity index (χ0v) is 6.78. The quantitative estimate of drug-likeness (QED) is 0.290. The number of hydrazine groups is 1. The Balaban J connectivity index is 3.05. The molecule has 4 heteroatoms. The van der Waals surface area contributed by atoms with Gasteiger partial charge in [-0.3, -0.25) is 5.84 Å². The Bertz CT molecular complexity index is 274. The lowest BCUT2D eigenvalue weighted by molar-refractivity contribution is -0.0424. The number of nitrogens with two attached hydrogens (primary N) is 1. The molecule has 5 N–H and O–H groups in total. The maximum atomic E-state index is 8.82. The van der Waals surface area contributed by atoms with Crippen molar-refractivity contribution >= 4 is 5.69 Å². The van der Waals surface area contributed by atoms with Crippen LogP contribution in [0.5, 0.6) is 0 Å². The zero-order valence-electron chi connectivity index (χ0n) is 6.78. The summed E-state index contributed by atoms with van der Waals surface area (Å²) in [5.41, 5.74) is 4.55. The number of nitrogens with one attached hydrogen (secondary N) is 1. The molecule has 0 atom stereocenters. The summed E-state index contributed by atoms with van der Waals surface area (Å²) in [6.45, 7) is 1.88. The molecule has 1 rings (SSSR count). The molecular weight excluding hydrogens is 156 g/mol. The molecule has 0 saturated heterocycles. The monoisotopic (exact) mass is 168 g/mol. The topological polar surface area (TPSA) is 78.5 Å². The summed E-state index contributed by atoms with van der Waals surface area (Å²) in [5.74, 6) is 5.21. The summed E-state index contributed by atoms with van der Waals surface area (Å²) in [4.78, 5) is 0. The van der Waals surface area contributed by atoms with E-state index in [1.54, 1.807) is 18.2 Å².